The van der Waals surface area contributed by atoms with Crippen LogP contribution in [0, 0.1) is 10.1 Å². The van der Waals surface area contributed by atoms with Crippen LogP contribution in [0.5, 0.6) is 17.2 Å². The van der Waals surface area contributed by atoms with Crippen molar-refractivity contribution in [3.05, 3.63) is 99.2 Å². The van der Waals surface area contributed by atoms with Crippen LogP contribution in [0.2, 0.25) is 0 Å². The zero-order valence-corrected chi connectivity index (χ0v) is 20.3. The third-order valence-corrected chi connectivity index (χ3v) is 5.06. The van der Waals surface area contributed by atoms with Gasteiger partial charge < -0.3 is 19.5 Å². The van der Waals surface area contributed by atoms with Gasteiger partial charge in [0.1, 0.15) is 22.9 Å². The minimum Gasteiger partial charge on any atom is -0.497 e. The maximum atomic E-state index is 13.0. The number of hydrogen-bond donors (Lipinski definition) is 2. The first-order chi connectivity index (χ1) is 17.9. The van der Waals surface area contributed by atoms with Crippen molar-refractivity contribution in [1.29, 1.82) is 0 Å². The molecule has 11 heteroatoms. The molecule has 3 aromatic carbocycles. The number of nitro groups is 1. The predicted octanol–water partition coefficient (Wildman–Crippen LogP) is 3.54. The molecule has 11 nitrogen and oxygen atoms in total. The Labute approximate surface area is 212 Å². The van der Waals surface area contributed by atoms with E-state index < -0.39 is 16.7 Å². The molecule has 0 spiro atoms. The van der Waals surface area contributed by atoms with Crippen molar-refractivity contribution in [2.75, 3.05) is 21.3 Å². The summed E-state index contributed by atoms with van der Waals surface area (Å²) in [5, 5.41) is 17.6. The number of hydrazone groups is 1. The second-order valence-corrected chi connectivity index (χ2v) is 7.37. The number of benzene rings is 3. The summed E-state index contributed by atoms with van der Waals surface area (Å²) < 4.78 is 15.8. The standard InChI is InChI=1S/C26H24N4O7/c1-35-21-11-9-18(24(15-21)37-3)14-22(28-25(31)17-7-5-4-6-8-17)26(32)29-27-16-19-13-20(30(33)34)10-12-23(19)36-2/h4-16H,1-3H3,(H,28,31)(H,29,32)/b22-14+,27-16-. The summed E-state index contributed by atoms with van der Waals surface area (Å²) in [6, 6.07) is 17.3. The van der Waals surface area contributed by atoms with E-state index in [2.05, 4.69) is 15.8 Å². The van der Waals surface area contributed by atoms with Gasteiger partial charge >= 0.3 is 0 Å². The Balaban J connectivity index is 1.92. The molecular weight excluding hydrogens is 480 g/mol. The SMILES string of the molecule is COc1ccc(/C=C(/NC(=O)c2ccccc2)C(=O)N/N=C\c2cc([N+](=O)[O-])ccc2OC)c(OC)c1. The minimum absolute atomic E-state index is 0.125. The number of methoxy groups -OCH3 is 3. The first kappa shape index (κ1) is 26.4. The van der Waals surface area contributed by atoms with E-state index in [9.17, 15) is 19.7 Å². The maximum Gasteiger partial charge on any atom is 0.287 e. The quantitative estimate of drug-likeness (QED) is 0.186. The summed E-state index contributed by atoms with van der Waals surface area (Å²) in [6.45, 7) is 0. The molecule has 0 aliphatic carbocycles. The van der Waals surface area contributed by atoms with Crippen molar-refractivity contribution in [1.82, 2.24) is 10.7 Å². The number of nitro benzene ring substituents is 1. The third-order valence-electron chi connectivity index (χ3n) is 5.06. The predicted molar refractivity (Wildman–Crippen MR) is 137 cm³/mol. The van der Waals surface area contributed by atoms with E-state index >= 15 is 0 Å². The van der Waals surface area contributed by atoms with Crippen molar-refractivity contribution in [2.45, 2.75) is 0 Å². The lowest BCUT2D eigenvalue weighted by Crippen LogP contribution is -2.32. The minimum atomic E-state index is -0.747. The molecule has 2 amide bonds. The number of hydrogen-bond acceptors (Lipinski definition) is 8. The van der Waals surface area contributed by atoms with Gasteiger partial charge in [-0.15, -0.1) is 0 Å². The summed E-state index contributed by atoms with van der Waals surface area (Å²) in [4.78, 5) is 36.4. The van der Waals surface area contributed by atoms with E-state index in [-0.39, 0.29) is 16.9 Å². The van der Waals surface area contributed by atoms with Gasteiger partial charge in [-0.25, -0.2) is 5.43 Å². The van der Waals surface area contributed by atoms with Crippen molar-refractivity contribution in [3.8, 4) is 17.2 Å². The number of ether oxygens (including phenoxy) is 3. The number of carbonyl (C=O) groups is 2. The van der Waals surface area contributed by atoms with Crippen LogP contribution in [0.25, 0.3) is 6.08 Å². The van der Waals surface area contributed by atoms with Crippen LogP contribution in [0.4, 0.5) is 5.69 Å². The number of amides is 2. The van der Waals surface area contributed by atoms with Crippen LogP contribution in [0.1, 0.15) is 21.5 Å². The van der Waals surface area contributed by atoms with Crippen molar-refractivity contribution >= 4 is 29.8 Å². The molecule has 0 aromatic heterocycles. The van der Waals surface area contributed by atoms with Crippen LogP contribution in [0.15, 0.2) is 77.5 Å². The molecule has 0 aliphatic rings. The van der Waals surface area contributed by atoms with Crippen LogP contribution < -0.4 is 25.0 Å². The molecule has 2 N–H and O–H groups in total. The molecule has 0 atom stereocenters. The Morgan fingerprint density at radius 3 is 2.27 bits per heavy atom. The fourth-order valence-corrected chi connectivity index (χ4v) is 3.19. The largest absolute Gasteiger partial charge is 0.497 e. The lowest BCUT2D eigenvalue weighted by molar-refractivity contribution is -0.384. The average molecular weight is 504 g/mol. The first-order valence-corrected chi connectivity index (χ1v) is 10.8. The molecule has 37 heavy (non-hydrogen) atoms. The molecule has 0 unspecified atom stereocenters. The molecular formula is C26H24N4O7. The summed E-state index contributed by atoms with van der Waals surface area (Å²) in [6.07, 6.45) is 2.63. The second-order valence-electron chi connectivity index (χ2n) is 7.37. The molecule has 0 aliphatic heterocycles. The highest BCUT2D eigenvalue weighted by atomic mass is 16.6. The Morgan fingerprint density at radius 2 is 1.62 bits per heavy atom. The van der Waals surface area contributed by atoms with Crippen LogP contribution in [0.3, 0.4) is 0 Å². The molecule has 3 aromatic rings. The van der Waals surface area contributed by atoms with Crippen molar-refractivity contribution in [2.24, 2.45) is 5.10 Å². The topological polar surface area (TPSA) is 141 Å². The number of non-ortho nitro benzene ring substituents is 1. The van der Waals surface area contributed by atoms with E-state index in [0.717, 1.165) is 0 Å². The number of nitrogens with zero attached hydrogens (tertiary/aromatic N) is 2. The smallest absolute Gasteiger partial charge is 0.287 e. The van der Waals surface area contributed by atoms with Gasteiger partial charge in [-0.2, -0.15) is 5.10 Å². The first-order valence-electron chi connectivity index (χ1n) is 10.8. The summed E-state index contributed by atoms with van der Waals surface area (Å²) in [7, 11) is 4.38. The molecule has 0 saturated heterocycles. The van der Waals surface area contributed by atoms with Crippen LogP contribution in [-0.4, -0.2) is 44.3 Å². The molecule has 0 radical (unpaired) electrons. The Kier molecular flexibility index (Phi) is 8.92. The van der Waals surface area contributed by atoms with E-state index in [4.69, 9.17) is 14.2 Å². The molecule has 0 heterocycles. The number of nitrogens with one attached hydrogen (secondary N) is 2. The summed E-state index contributed by atoms with van der Waals surface area (Å²) >= 11 is 0. The van der Waals surface area contributed by atoms with Gasteiger partial charge in [0.15, 0.2) is 0 Å². The normalized spacial score (nSPS) is 11.1. The van der Waals surface area contributed by atoms with Gasteiger partial charge in [-0.05, 0) is 36.4 Å². The molecule has 3 rings (SSSR count). The summed E-state index contributed by atoms with van der Waals surface area (Å²) in [5.41, 5.74) is 3.13. The van der Waals surface area contributed by atoms with E-state index in [0.29, 0.717) is 28.4 Å². The monoisotopic (exact) mass is 504 g/mol. The second kappa shape index (κ2) is 12.5. The van der Waals surface area contributed by atoms with Gasteiger partial charge in [-0.1, -0.05) is 18.2 Å². The van der Waals surface area contributed by atoms with Crippen LogP contribution >= 0.6 is 0 Å². The zero-order valence-electron chi connectivity index (χ0n) is 20.3. The van der Waals surface area contributed by atoms with E-state index in [1.165, 1.54) is 51.8 Å². The number of carbonyl (C=O) groups excluding carboxylic acids is 2. The van der Waals surface area contributed by atoms with Crippen LogP contribution in [-0.2, 0) is 4.79 Å². The van der Waals surface area contributed by atoms with Gasteiger partial charge in [0.05, 0.1) is 32.5 Å². The van der Waals surface area contributed by atoms with Gasteiger partial charge in [0, 0.05) is 34.9 Å². The summed E-state index contributed by atoms with van der Waals surface area (Å²) in [5.74, 6) is 0.00796. The average Bonchev–Trinajstić information content (AvgIpc) is 2.92. The fourth-order valence-electron chi connectivity index (χ4n) is 3.19. The number of rotatable bonds is 10. The fraction of sp³-hybridized carbons (Fsp3) is 0.115. The molecule has 0 bridgehead atoms. The van der Waals surface area contributed by atoms with Gasteiger partial charge in [0.25, 0.3) is 17.5 Å². The zero-order chi connectivity index (χ0) is 26.8. The van der Waals surface area contributed by atoms with Crippen molar-refractivity contribution in [3.63, 3.8) is 0 Å². The lowest BCUT2D eigenvalue weighted by Gasteiger charge is -2.12. The molecule has 0 saturated carbocycles. The van der Waals surface area contributed by atoms with Gasteiger partial charge in [-0.3, -0.25) is 19.7 Å². The Hall–Kier alpha value is -5.19. The Morgan fingerprint density at radius 1 is 0.892 bits per heavy atom. The van der Waals surface area contributed by atoms with E-state index in [1.54, 1.807) is 48.5 Å². The van der Waals surface area contributed by atoms with Gasteiger partial charge in [0.2, 0.25) is 0 Å². The lowest BCUT2D eigenvalue weighted by atomic mass is 10.1. The highest BCUT2D eigenvalue weighted by Crippen LogP contribution is 2.26. The van der Waals surface area contributed by atoms with Crippen molar-refractivity contribution < 1.29 is 28.7 Å². The Bertz CT molecular complexity index is 1350. The van der Waals surface area contributed by atoms with E-state index in [1.807, 2.05) is 0 Å². The maximum absolute atomic E-state index is 13.0. The molecule has 190 valence electrons. The molecule has 0 fully saturated rings. The highest BCUT2D eigenvalue weighted by Gasteiger charge is 2.16. The highest BCUT2D eigenvalue weighted by molar-refractivity contribution is 6.05. The third kappa shape index (κ3) is 6.92.